The Morgan fingerprint density at radius 2 is 1.65 bits per heavy atom. The van der Waals surface area contributed by atoms with Gasteiger partial charge in [0, 0.05) is 44.2 Å². The summed E-state index contributed by atoms with van der Waals surface area (Å²) in [6.45, 7) is 11.4. The molecular weight excluding hydrogens is 450 g/mol. The minimum Gasteiger partial charge on any atom is -0.373 e. The van der Waals surface area contributed by atoms with Gasteiger partial charge in [0.2, 0.25) is 15.9 Å². The third kappa shape index (κ3) is 5.46. The van der Waals surface area contributed by atoms with Crippen LogP contribution in [-0.4, -0.2) is 74.0 Å². The molecule has 0 aromatic heterocycles. The van der Waals surface area contributed by atoms with Crippen LogP contribution in [0.3, 0.4) is 0 Å². The van der Waals surface area contributed by atoms with Gasteiger partial charge in [-0.25, -0.2) is 8.42 Å². The van der Waals surface area contributed by atoms with E-state index in [4.69, 9.17) is 4.74 Å². The van der Waals surface area contributed by atoms with Gasteiger partial charge in [0.1, 0.15) is 0 Å². The number of hydrogen-bond donors (Lipinski definition) is 1. The molecule has 0 aliphatic carbocycles. The van der Waals surface area contributed by atoms with Crippen LogP contribution in [-0.2, 0) is 19.6 Å². The first-order valence-electron chi connectivity index (χ1n) is 12.2. The van der Waals surface area contributed by atoms with Crippen molar-refractivity contribution in [1.82, 2.24) is 14.5 Å². The standard InChI is InChI=1S/C26H37N3O4S/c1-19-16-28(17-20(2)33-19)26(3,4)18-27-25(30)22-11-13-29(14-12-22)34(31,32)24-10-9-21-7-5-6-8-23(21)15-24/h5-10,15,19-20,22H,11-14,16-18H2,1-4H3,(H,27,30)/t19-,20-/m1/s1. The number of morpholine rings is 1. The summed E-state index contributed by atoms with van der Waals surface area (Å²) in [6.07, 6.45) is 1.41. The first kappa shape index (κ1) is 25.1. The molecule has 0 radical (unpaired) electrons. The number of sulfonamides is 1. The summed E-state index contributed by atoms with van der Waals surface area (Å²) in [7, 11) is -3.58. The molecule has 0 bridgehead atoms. The lowest BCUT2D eigenvalue weighted by atomic mass is 9.95. The van der Waals surface area contributed by atoms with Crippen LogP contribution in [0.5, 0.6) is 0 Å². The van der Waals surface area contributed by atoms with E-state index in [1.54, 1.807) is 12.1 Å². The van der Waals surface area contributed by atoms with Gasteiger partial charge in [-0.05, 0) is 63.4 Å². The molecule has 1 N–H and O–H groups in total. The average molecular weight is 488 g/mol. The minimum atomic E-state index is -3.58. The van der Waals surface area contributed by atoms with Gasteiger partial charge in [-0.15, -0.1) is 0 Å². The Kier molecular flexibility index (Phi) is 7.33. The van der Waals surface area contributed by atoms with Crippen molar-refractivity contribution in [3.63, 3.8) is 0 Å². The highest BCUT2D eigenvalue weighted by atomic mass is 32.2. The second-order valence-electron chi connectivity index (χ2n) is 10.4. The third-order valence-corrected chi connectivity index (χ3v) is 9.05. The van der Waals surface area contributed by atoms with Crippen LogP contribution in [0.4, 0.5) is 0 Å². The van der Waals surface area contributed by atoms with Crippen molar-refractivity contribution < 1.29 is 17.9 Å². The van der Waals surface area contributed by atoms with E-state index in [9.17, 15) is 13.2 Å². The van der Waals surface area contributed by atoms with E-state index in [2.05, 4.69) is 37.9 Å². The molecule has 34 heavy (non-hydrogen) atoms. The van der Waals surface area contributed by atoms with Crippen molar-refractivity contribution in [1.29, 1.82) is 0 Å². The molecule has 0 unspecified atom stereocenters. The molecule has 2 atom stereocenters. The molecule has 2 aliphatic heterocycles. The Bertz CT molecular complexity index is 1120. The smallest absolute Gasteiger partial charge is 0.243 e. The SMILES string of the molecule is C[C@@H]1CN(C(C)(C)CNC(=O)C2CCN(S(=O)(=O)c3ccc4ccccc4c3)CC2)C[C@@H](C)O1. The van der Waals surface area contributed by atoms with Crippen molar-refractivity contribution in [3.05, 3.63) is 42.5 Å². The number of rotatable bonds is 6. The molecule has 2 heterocycles. The van der Waals surface area contributed by atoms with Crippen molar-refractivity contribution in [3.8, 4) is 0 Å². The lowest BCUT2D eigenvalue weighted by Gasteiger charge is -2.45. The van der Waals surface area contributed by atoms with Gasteiger partial charge in [0.15, 0.2) is 0 Å². The fraction of sp³-hybridized carbons (Fsp3) is 0.577. The Hall–Kier alpha value is -2.00. The number of ether oxygens (including phenoxy) is 1. The lowest BCUT2D eigenvalue weighted by Crippen LogP contribution is -2.59. The highest BCUT2D eigenvalue weighted by Crippen LogP contribution is 2.27. The normalized spacial score (nSPS) is 23.8. The van der Waals surface area contributed by atoms with E-state index in [-0.39, 0.29) is 29.6 Å². The van der Waals surface area contributed by atoms with Gasteiger partial charge in [-0.1, -0.05) is 30.3 Å². The number of benzene rings is 2. The Balaban J connectivity index is 1.32. The predicted octanol–water partition coefficient (Wildman–Crippen LogP) is 3.24. The molecule has 4 rings (SSSR count). The zero-order valence-corrected chi connectivity index (χ0v) is 21.5. The average Bonchev–Trinajstić information content (AvgIpc) is 2.81. The van der Waals surface area contributed by atoms with Gasteiger partial charge in [0.25, 0.3) is 0 Å². The number of nitrogens with one attached hydrogen (secondary N) is 1. The van der Waals surface area contributed by atoms with E-state index in [1.165, 1.54) is 4.31 Å². The molecule has 8 heteroatoms. The summed E-state index contributed by atoms with van der Waals surface area (Å²) < 4.78 is 33.8. The summed E-state index contributed by atoms with van der Waals surface area (Å²) in [5, 5.41) is 5.06. The number of piperidine rings is 1. The van der Waals surface area contributed by atoms with Crippen LogP contribution in [0.25, 0.3) is 10.8 Å². The van der Waals surface area contributed by atoms with E-state index < -0.39 is 10.0 Å². The van der Waals surface area contributed by atoms with Crippen molar-refractivity contribution in [2.24, 2.45) is 5.92 Å². The molecule has 186 valence electrons. The van der Waals surface area contributed by atoms with Gasteiger partial charge >= 0.3 is 0 Å². The van der Waals surface area contributed by atoms with Crippen LogP contribution in [0.2, 0.25) is 0 Å². The molecule has 0 spiro atoms. The quantitative estimate of drug-likeness (QED) is 0.677. The van der Waals surface area contributed by atoms with Crippen LogP contribution in [0, 0.1) is 5.92 Å². The predicted molar refractivity (Wildman–Crippen MR) is 134 cm³/mol. The number of fused-ring (bicyclic) bond motifs is 1. The van der Waals surface area contributed by atoms with E-state index in [1.807, 2.05) is 30.3 Å². The maximum absolute atomic E-state index is 13.2. The molecule has 2 aromatic rings. The first-order chi connectivity index (χ1) is 16.1. The number of nitrogens with zero attached hydrogens (tertiary/aromatic N) is 2. The van der Waals surface area contributed by atoms with Gasteiger partial charge in [-0.2, -0.15) is 4.31 Å². The number of hydrogen-bond acceptors (Lipinski definition) is 5. The van der Waals surface area contributed by atoms with E-state index in [0.29, 0.717) is 37.4 Å². The largest absolute Gasteiger partial charge is 0.373 e. The summed E-state index contributed by atoms with van der Waals surface area (Å²) in [4.78, 5) is 15.6. The maximum atomic E-state index is 13.2. The molecule has 7 nitrogen and oxygen atoms in total. The monoisotopic (exact) mass is 487 g/mol. The molecular formula is C26H37N3O4S. The van der Waals surface area contributed by atoms with E-state index in [0.717, 1.165) is 23.9 Å². The van der Waals surface area contributed by atoms with Crippen LogP contribution < -0.4 is 5.32 Å². The molecule has 2 saturated heterocycles. The maximum Gasteiger partial charge on any atom is 0.243 e. The second-order valence-corrected chi connectivity index (χ2v) is 12.3. The molecule has 2 aliphatic rings. The first-order valence-corrected chi connectivity index (χ1v) is 13.7. The van der Waals surface area contributed by atoms with Crippen molar-refractivity contribution >= 4 is 26.7 Å². The van der Waals surface area contributed by atoms with Crippen LogP contribution in [0.15, 0.2) is 47.4 Å². The summed E-state index contributed by atoms with van der Waals surface area (Å²) in [5.74, 6) is -0.147. The van der Waals surface area contributed by atoms with Gasteiger partial charge in [0.05, 0.1) is 17.1 Å². The Morgan fingerprint density at radius 1 is 1.03 bits per heavy atom. The minimum absolute atomic E-state index is 0.0187. The number of carbonyl (C=O) groups excluding carboxylic acids is 1. The molecule has 2 fully saturated rings. The fourth-order valence-electron chi connectivity index (χ4n) is 5.07. The Morgan fingerprint density at radius 3 is 2.29 bits per heavy atom. The number of amides is 1. The number of carbonyl (C=O) groups is 1. The summed E-state index contributed by atoms with van der Waals surface area (Å²) in [6, 6.07) is 13.0. The third-order valence-electron chi connectivity index (χ3n) is 7.15. The highest BCUT2D eigenvalue weighted by molar-refractivity contribution is 7.89. The summed E-state index contributed by atoms with van der Waals surface area (Å²) >= 11 is 0. The van der Waals surface area contributed by atoms with Gasteiger partial charge in [-0.3, -0.25) is 9.69 Å². The fourth-order valence-corrected chi connectivity index (χ4v) is 6.57. The van der Waals surface area contributed by atoms with Crippen molar-refractivity contribution in [2.75, 3.05) is 32.7 Å². The van der Waals surface area contributed by atoms with Crippen LogP contribution in [0.1, 0.15) is 40.5 Å². The molecule has 2 aromatic carbocycles. The molecule has 0 saturated carbocycles. The molecule has 1 amide bonds. The van der Waals surface area contributed by atoms with E-state index >= 15 is 0 Å². The topological polar surface area (TPSA) is 79.0 Å². The van der Waals surface area contributed by atoms with Gasteiger partial charge < -0.3 is 10.1 Å². The highest BCUT2D eigenvalue weighted by Gasteiger charge is 2.35. The van der Waals surface area contributed by atoms with Crippen molar-refractivity contribution in [2.45, 2.75) is 63.2 Å². The lowest BCUT2D eigenvalue weighted by molar-refractivity contribution is -0.127. The second kappa shape index (κ2) is 9.93. The zero-order valence-electron chi connectivity index (χ0n) is 20.7. The Labute approximate surface area is 203 Å². The van der Waals surface area contributed by atoms with Crippen LogP contribution >= 0.6 is 0 Å². The zero-order chi connectivity index (χ0) is 24.5. The summed E-state index contributed by atoms with van der Waals surface area (Å²) in [5.41, 5.74) is -0.178.